The second kappa shape index (κ2) is 6.61. The Hall–Kier alpha value is -1.78. The van der Waals surface area contributed by atoms with Gasteiger partial charge in [0.1, 0.15) is 6.54 Å². The first kappa shape index (κ1) is 15.7. The number of carbonyl (C=O) groups is 2. The molecule has 0 spiro atoms. The molecule has 2 fully saturated rings. The van der Waals surface area contributed by atoms with Gasteiger partial charge in [0.25, 0.3) is 0 Å². The number of nitrogens with zero attached hydrogens (tertiary/aromatic N) is 2. The standard InChI is InChI=1S/C19H27N3O2/c23-17-13-21-12-6-9-16(21)18(22(17)15-10-11-15)19(24)20-14-7-4-2-1-3-5-8-14/h6,9,12,14-15,18H,1-5,7-8,10-11,13H2,(H,20,24)/t18-/m1/s1. The van der Waals surface area contributed by atoms with Crippen molar-refractivity contribution >= 4 is 11.8 Å². The highest BCUT2D eigenvalue weighted by Crippen LogP contribution is 2.37. The van der Waals surface area contributed by atoms with Crippen LogP contribution in [0.5, 0.6) is 0 Å². The van der Waals surface area contributed by atoms with Crippen LogP contribution in [0.2, 0.25) is 0 Å². The third-order valence-electron chi connectivity index (χ3n) is 5.66. The maximum Gasteiger partial charge on any atom is 0.249 e. The van der Waals surface area contributed by atoms with Crippen molar-refractivity contribution in [3.05, 3.63) is 24.0 Å². The minimum Gasteiger partial charge on any atom is -0.351 e. The predicted octanol–water partition coefficient (Wildman–Crippen LogP) is 2.76. The Balaban J connectivity index is 1.53. The molecule has 0 radical (unpaired) electrons. The van der Waals surface area contributed by atoms with E-state index in [1.54, 1.807) is 0 Å². The van der Waals surface area contributed by atoms with Crippen molar-refractivity contribution in [1.82, 2.24) is 14.8 Å². The predicted molar refractivity (Wildman–Crippen MR) is 91.3 cm³/mol. The number of amides is 2. The molecule has 0 aromatic carbocycles. The number of rotatable bonds is 3. The SMILES string of the molecule is O=C(NC1CCCCCCC1)[C@H]1c2cccn2CC(=O)N1C1CC1. The quantitative estimate of drug-likeness (QED) is 0.927. The number of hydrogen-bond donors (Lipinski definition) is 1. The molecule has 0 saturated heterocycles. The van der Waals surface area contributed by atoms with Crippen LogP contribution in [-0.4, -0.2) is 33.4 Å². The Morgan fingerprint density at radius 1 is 1.04 bits per heavy atom. The fourth-order valence-electron chi connectivity index (χ4n) is 4.24. The lowest BCUT2D eigenvalue weighted by Gasteiger charge is -2.37. The van der Waals surface area contributed by atoms with Crippen molar-refractivity contribution in [2.24, 2.45) is 0 Å². The summed E-state index contributed by atoms with van der Waals surface area (Å²) in [4.78, 5) is 27.5. The molecule has 24 heavy (non-hydrogen) atoms. The molecule has 4 rings (SSSR count). The Kier molecular flexibility index (Phi) is 4.33. The van der Waals surface area contributed by atoms with Gasteiger partial charge in [0.2, 0.25) is 11.8 Å². The van der Waals surface area contributed by atoms with Crippen molar-refractivity contribution in [3.8, 4) is 0 Å². The van der Waals surface area contributed by atoms with E-state index in [0.717, 1.165) is 31.4 Å². The topological polar surface area (TPSA) is 54.3 Å². The molecule has 5 nitrogen and oxygen atoms in total. The van der Waals surface area contributed by atoms with Crippen LogP contribution >= 0.6 is 0 Å². The van der Waals surface area contributed by atoms with E-state index in [1.165, 1.54) is 32.1 Å². The van der Waals surface area contributed by atoms with Crippen molar-refractivity contribution < 1.29 is 9.59 Å². The van der Waals surface area contributed by atoms with E-state index in [1.807, 2.05) is 27.8 Å². The van der Waals surface area contributed by atoms with Gasteiger partial charge in [-0.1, -0.05) is 32.1 Å². The number of fused-ring (bicyclic) bond motifs is 1. The normalized spacial score (nSPS) is 25.8. The summed E-state index contributed by atoms with van der Waals surface area (Å²) >= 11 is 0. The molecule has 1 aromatic heterocycles. The monoisotopic (exact) mass is 329 g/mol. The van der Waals surface area contributed by atoms with E-state index < -0.39 is 6.04 Å². The number of nitrogens with one attached hydrogen (secondary N) is 1. The smallest absolute Gasteiger partial charge is 0.249 e. The molecule has 130 valence electrons. The maximum atomic E-state index is 13.1. The van der Waals surface area contributed by atoms with Crippen LogP contribution in [0.25, 0.3) is 0 Å². The number of hydrogen-bond acceptors (Lipinski definition) is 2. The molecule has 0 bridgehead atoms. The minimum absolute atomic E-state index is 0.0143. The summed E-state index contributed by atoms with van der Waals surface area (Å²) in [7, 11) is 0. The van der Waals surface area contributed by atoms with Crippen molar-refractivity contribution in [2.45, 2.75) is 82.5 Å². The molecule has 1 atom stereocenters. The van der Waals surface area contributed by atoms with Gasteiger partial charge in [-0.3, -0.25) is 9.59 Å². The second-order valence-electron chi connectivity index (χ2n) is 7.55. The fraction of sp³-hybridized carbons (Fsp3) is 0.684. The van der Waals surface area contributed by atoms with E-state index in [0.29, 0.717) is 6.54 Å². The Labute approximate surface area is 143 Å². The van der Waals surface area contributed by atoms with E-state index in [9.17, 15) is 9.59 Å². The van der Waals surface area contributed by atoms with E-state index >= 15 is 0 Å². The van der Waals surface area contributed by atoms with Gasteiger partial charge in [0.15, 0.2) is 6.04 Å². The molecule has 1 aromatic rings. The minimum atomic E-state index is -0.445. The molecule has 2 heterocycles. The molecular formula is C19H27N3O2. The van der Waals surface area contributed by atoms with Gasteiger partial charge >= 0.3 is 0 Å². The zero-order valence-electron chi connectivity index (χ0n) is 14.2. The van der Waals surface area contributed by atoms with Gasteiger partial charge in [-0.2, -0.15) is 0 Å². The molecule has 3 aliphatic rings. The van der Waals surface area contributed by atoms with Gasteiger partial charge in [0, 0.05) is 18.3 Å². The highest BCUT2D eigenvalue weighted by atomic mass is 16.2. The summed E-state index contributed by atoms with van der Waals surface area (Å²) in [6.45, 7) is 0.367. The molecule has 2 aliphatic carbocycles. The van der Waals surface area contributed by atoms with Gasteiger partial charge < -0.3 is 14.8 Å². The van der Waals surface area contributed by atoms with Crippen molar-refractivity contribution in [2.75, 3.05) is 0 Å². The average Bonchev–Trinajstić information content (AvgIpc) is 3.26. The fourth-order valence-corrected chi connectivity index (χ4v) is 4.24. The van der Waals surface area contributed by atoms with Crippen molar-refractivity contribution in [1.29, 1.82) is 0 Å². The van der Waals surface area contributed by atoms with Crippen LogP contribution in [0, 0.1) is 0 Å². The first-order valence-electron chi connectivity index (χ1n) is 9.50. The molecule has 1 N–H and O–H groups in total. The molecular weight excluding hydrogens is 302 g/mol. The van der Waals surface area contributed by atoms with Crippen LogP contribution in [0.3, 0.4) is 0 Å². The lowest BCUT2D eigenvalue weighted by atomic mass is 9.96. The Morgan fingerprint density at radius 3 is 2.46 bits per heavy atom. The van der Waals surface area contributed by atoms with E-state index in [4.69, 9.17) is 0 Å². The number of aromatic nitrogens is 1. The van der Waals surface area contributed by atoms with Crippen LogP contribution in [-0.2, 0) is 16.1 Å². The highest BCUT2D eigenvalue weighted by Gasteiger charge is 2.45. The molecule has 5 heteroatoms. The third-order valence-corrected chi connectivity index (χ3v) is 5.66. The first-order valence-corrected chi connectivity index (χ1v) is 9.50. The summed E-state index contributed by atoms with van der Waals surface area (Å²) in [5.41, 5.74) is 0.963. The Morgan fingerprint density at radius 2 is 1.75 bits per heavy atom. The molecule has 0 unspecified atom stereocenters. The van der Waals surface area contributed by atoms with Crippen LogP contribution < -0.4 is 5.32 Å². The van der Waals surface area contributed by atoms with Gasteiger partial charge in [-0.05, 0) is 37.8 Å². The Bertz CT molecular complexity index is 612. The maximum absolute atomic E-state index is 13.1. The summed E-state index contributed by atoms with van der Waals surface area (Å²) in [5, 5.41) is 3.27. The lowest BCUT2D eigenvalue weighted by Crippen LogP contribution is -2.51. The number of carbonyl (C=O) groups excluding carboxylic acids is 2. The molecule has 1 aliphatic heterocycles. The lowest BCUT2D eigenvalue weighted by molar-refractivity contribution is -0.144. The van der Waals surface area contributed by atoms with Gasteiger partial charge in [0.05, 0.1) is 5.69 Å². The van der Waals surface area contributed by atoms with Gasteiger partial charge in [-0.15, -0.1) is 0 Å². The van der Waals surface area contributed by atoms with Crippen LogP contribution in [0.15, 0.2) is 18.3 Å². The summed E-state index contributed by atoms with van der Waals surface area (Å²) < 4.78 is 1.93. The van der Waals surface area contributed by atoms with Gasteiger partial charge in [-0.25, -0.2) is 0 Å². The largest absolute Gasteiger partial charge is 0.351 e. The van der Waals surface area contributed by atoms with E-state index in [2.05, 4.69) is 5.32 Å². The summed E-state index contributed by atoms with van der Waals surface area (Å²) in [5.74, 6) is 0.0967. The van der Waals surface area contributed by atoms with Crippen LogP contribution in [0.1, 0.15) is 69.5 Å². The summed E-state index contributed by atoms with van der Waals surface area (Å²) in [6.07, 6.45) is 12.3. The highest BCUT2D eigenvalue weighted by molar-refractivity contribution is 5.90. The zero-order chi connectivity index (χ0) is 16.5. The molecule has 2 saturated carbocycles. The first-order chi connectivity index (χ1) is 11.7. The third kappa shape index (κ3) is 3.08. The van der Waals surface area contributed by atoms with E-state index in [-0.39, 0.29) is 23.9 Å². The average molecular weight is 329 g/mol. The second-order valence-corrected chi connectivity index (χ2v) is 7.55. The molecule has 2 amide bonds. The van der Waals surface area contributed by atoms with Crippen LogP contribution in [0.4, 0.5) is 0 Å². The summed E-state index contributed by atoms with van der Waals surface area (Å²) in [6, 6.07) is 4.01. The zero-order valence-corrected chi connectivity index (χ0v) is 14.2. The van der Waals surface area contributed by atoms with Crippen molar-refractivity contribution in [3.63, 3.8) is 0 Å².